The number of nitrogens with one attached hydrogen (secondary N) is 2. The molecule has 148 valence electrons. The van der Waals surface area contributed by atoms with Gasteiger partial charge in [-0.2, -0.15) is 0 Å². The van der Waals surface area contributed by atoms with Gasteiger partial charge in [0, 0.05) is 36.8 Å². The van der Waals surface area contributed by atoms with Crippen molar-refractivity contribution >= 4 is 47.1 Å². The number of hydrogen-bond donors (Lipinski definition) is 2. The number of anilines is 1. The van der Waals surface area contributed by atoms with Crippen molar-refractivity contribution in [3.8, 4) is 0 Å². The van der Waals surface area contributed by atoms with Crippen molar-refractivity contribution in [2.45, 2.75) is 44.2 Å². The SMILES string of the molecule is Cc1ncc(NC(=O)c2cccc([C@@H]3C[C@H]3NC3CCOCC3)c2)s1.Cl.Cl. The fourth-order valence-electron chi connectivity index (χ4n) is 3.43. The van der Waals surface area contributed by atoms with Crippen molar-refractivity contribution in [3.05, 3.63) is 46.6 Å². The number of carbonyl (C=O) groups excluding carboxylic acids is 1. The summed E-state index contributed by atoms with van der Waals surface area (Å²) in [5.41, 5.74) is 1.96. The van der Waals surface area contributed by atoms with E-state index in [-0.39, 0.29) is 30.7 Å². The molecule has 1 saturated heterocycles. The molecule has 1 aromatic carbocycles. The Morgan fingerprint density at radius 3 is 2.74 bits per heavy atom. The van der Waals surface area contributed by atoms with Gasteiger partial charge < -0.3 is 15.4 Å². The molecule has 0 spiro atoms. The van der Waals surface area contributed by atoms with Crippen molar-refractivity contribution in [1.29, 1.82) is 0 Å². The zero-order chi connectivity index (χ0) is 17.2. The molecule has 1 aliphatic carbocycles. The number of benzene rings is 1. The van der Waals surface area contributed by atoms with Gasteiger partial charge in [0.2, 0.25) is 0 Å². The van der Waals surface area contributed by atoms with Gasteiger partial charge in [-0.05, 0) is 43.9 Å². The van der Waals surface area contributed by atoms with Crippen LogP contribution in [0.4, 0.5) is 5.00 Å². The predicted octanol–water partition coefficient (Wildman–Crippen LogP) is 4.17. The van der Waals surface area contributed by atoms with Gasteiger partial charge in [0.05, 0.1) is 11.2 Å². The molecule has 2 fully saturated rings. The largest absolute Gasteiger partial charge is 0.381 e. The van der Waals surface area contributed by atoms with Crippen LogP contribution in [0.15, 0.2) is 30.5 Å². The van der Waals surface area contributed by atoms with E-state index in [1.54, 1.807) is 6.20 Å². The Balaban J connectivity index is 0.00000131. The molecule has 4 rings (SSSR count). The Bertz CT molecular complexity index is 765. The second-order valence-electron chi connectivity index (χ2n) is 6.83. The second-order valence-corrected chi connectivity index (χ2v) is 8.06. The summed E-state index contributed by atoms with van der Waals surface area (Å²) in [6, 6.07) is 9.11. The summed E-state index contributed by atoms with van der Waals surface area (Å²) in [5.74, 6) is 0.446. The highest BCUT2D eigenvalue weighted by Gasteiger charge is 2.39. The number of amides is 1. The molecule has 27 heavy (non-hydrogen) atoms. The van der Waals surface area contributed by atoms with Gasteiger partial charge in [0.15, 0.2) is 0 Å². The first-order chi connectivity index (χ1) is 12.2. The molecule has 1 saturated carbocycles. The number of ether oxygens (including phenoxy) is 1. The highest BCUT2D eigenvalue weighted by Crippen LogP contribution is 2.41. The zero-order valence-electron chi connectivity index (χ0n) is 15.1. The van der Waals surface area contributed by atoms with Crippen LogP contribution in [0.5, 0.6) is 0 Å². The van der Waals surface area contributed by atoms with E-state index in [0.717, 1.165) is 42.5 Å². The maximum atomic E-state index is 12.5. The van der Waals surface area contributed by atoms with E-state index in [9.17, 15) is 4.79 Å². The van der Waals surface area contributed by atoms with Crippen LogP contribution in [-0.2, 0) is 4.74 Å². The molecule has 2 heterocycles. The summed E-state index contributed by atoms with van der Waals surface area (Å²) in [6.07, 6.45) is 5.05. The lowest BCUT2D eigenvalue weighted by molar-refractivity contribution is 0.0774. The number of halogens is 2. The average Bonchev–Trinajstić information content (AvgIpc) is 3.28. The molecule has 8 heteroatoms. The summed E-state index contributed by atoms with van der Waals surface area (Å²) in [6.45, 7) is 3.66. The Morgan fingerprint density at radius 1 is 1.26 bits per heavy atom. The van der Waals surface area contributed by atoms with Crippen LogP contribution in [0.1, 0.15) is 46.1 Å². The third kappa shape index (κ3) is 5.65. The van der Waals surface area contributed by atoms with Crippen LogP contribution in [0.25, 0.3) is 0 Å². The fourth-order valence-corrected chi connectivity index (χ4v) is 4.10. The maximum absolute atomic E-state index is 12.5. The molecule has 0 unspecified atom stereocenters. The van der Waals surface area contributed by atoms with E-state index in [0.29, 0.717) is 23.6 Å². The normalized spacial score (nSPS) is 21.7. The van der Waals surface area contributed by atoms with Crippen molar-refractivity contribution in [1.82, 2.24) is 10.3 Å². The van der Waals surface area contributed by atoms with Crippen LogP contribution in [-0.4, -0.2) is 36.2 Å². The van der Waals surface area contributed by atoms with Crippen molar-refractivity contribution in [2.24, 2.45) is 0 Å². The number of nitrogens with zero attached hydrogens (tertiary/aromatic N) is 1. The Morgan fingerprint density at radius 2 is 2.04 bits per heavy atom. The third-order valence-electron chi connectivity index (χ3n) is 4.90. The first-order valence-electron chi connectivity index (χ1n) is 8.86. The Labute approximate surface area is 176 Å². The number of aryl methyl sites for hydroxylation is 1. The second kappa shape index (κ2) is 9.85. The molecule has 2 aromatic rings. The number of aromatic nitrogens is 1. The fraction of sp³-hybridized carbons (Fsp3) is 0.474. The summed E-state index contributed by atoms with van der Waals surface area (Å²) in [5, 5.41) is 8.41. The maximum Gasteiger partial charge on any atom is 0.256 e. The van der Waals surface area contributed by atoms with Gasteiger partial charge in [-0.15, -0.1) is 36.2 Å². The molecule has 2 atom stereocenters. The summed E-state index contributed by atoms with van der Waals surface area (Å²) in [4.78, 5) is 16.6. The average molecular weight is 430 g/mol. The highest BCUT2D eigenvalue weighted by molar-refractivity contribution is 7.15. The van der Waals surface area contributed by atoms with Gasteiger partial charge in [0.1, 0.15) is 5.00 Å². The van der Waals surface area contributed by atoms with Gasteiger partial charge in [0.25, 0.3) is 5.91 Å². The van der Waals surface area contributed by atoms with E-state index in [2.05, 4.69) is 21.7 Å². The van der Waals surface area contributed by atoms with Crippen LogP contribution in [0, 0.1) is 6.92 Å². The summed E-state index contributed by atoms with van der Waals surface area (Å²) in [7, 11) is 0. The van der Waals surface area contributed by atoms with E-state index >= 15 is 0 Å². The minimum atomic E-state index is -0.0694. The van der Waals surface area contributed by atoms with Gasteiger partial charge in [-0.25, -0.2) is 4.98 Å². The molecule has 1 amide bonds. The molecule has 1 aliphatic heterocycles. The summed E-state index contributed by atoms with van der Waals surface area (Å²) < 4.78 is 5.42. The lowest BCUT2D eigenvalue weighted by Crippen LogP contribution is -2.36. The Kier molecular flexibility index (Phi) is 8.06. The molecular formula is C19H25Cl2N3O2S. The van der Waals surface area contributed by atoms with Gasteiger partial charge in [-0.1, -0.05) is 12.1 Å². The van der Waals surface area contributed by atoms with Gasteiger partial charge in [-0.3, -0.25) is 4.79 Å². The minimum Gasteiger partial charge on any atom is -0.381 e. The van der Waals surface area contributed by atoms with Crippen LogP contribution >= 0.6 is 36.2 Å². The number of thiazole rings is 1. The molecule has 5 nitrogen and oxygen atoms in total. The van der Waals surface area contributed by atoms with Crippen molar-refractivity contribution in [3.63, 3.8) is 0 Å². The van der Waals surface area contributed by atoms with Crippen LogP contribution in [0.2, 0.25) is 0 Å². The lowest BCUT2D eigenvalue weighted by Gasteiger charge is -2.23. The number of carbonyl (C=O) groups is 1. The summed E-state index contributed by atoms with van der Waals surface area (Å²) >= 11 is 1.49. The standard InChI is InChI=1S/C19H23N3O2S.2ClH/c1-12-20-11-18(25-12)22-19(23)14-4-2-3-13(9-14)16-10-17(16)21-15-5-7-24-8-6-15;;/h2-4,9,11,15-17,21H,5-8,10H2,1H3,(H,22,23);2*1H/t16-,17+;;/m0../s1. The van der Waals surface area contributed by atoms with Crippen molar-refractivity contribution in [2.75, 3.05) is 18.5 Å². The first-order valence-corrected chi connectivity index (χ1v) is 9.68. The zero-order valence-corrected chi connectivity index (χ0v) is 17.6. The number of rotatable bonds is 5. The van der Waals surface area contributed by atoms with Crippen molar-refractivity contribution < 1.29 is 9.53 Å². The third-order valence-corrected chi connectivity index (χ3v) is 5.72. The predicted molar refractivity (Wildman–Crippen MR) is 114 cm³/mol. The lowest BCUT2D eigenvalue weighted by atomic mass is 10.1. The Hall–Kier alpha value is -1.18. The number of hydrogen-bond acceptors (Lipinski definition) is 5. The van der Waals surface area contributed by atoms with Crippen LogP contribution in [0.3, 0.4) is 0 Å². The smallest absolute Gasteiger partial charge is 0.256 e. The molecule has 2 N–H and O–H groups in total. The first kappa shape index (κ1) is 22.1. The van der Waals surface area contributed by atoms with Crippen LogP contribution < -0.4 is 10.6 Å². The topological polar surface area (TPSA) is 63.2 Å². The van der Waals surface area contributed by atoms with Gasteiger partial charge >= 0.3 is 0 Å². The van der Waals surface area contributed by atoms with E-state index in [4.69, 9.17) is 4.74 Å². The molecule has 0 radical (unpaired) electrons. The molecule has 1 aromatic heterocycles. The minimum absolute atomic E-state index is 0. The molecular weight excluding hydrogens is 405 g/mol. The van der Waals surface area contributed by atoms with E-state index < -0.39 is 0 Å². The molecule has 2 aliphatic rings. The molecule has 0 bridgehead atoms. The monoisotopic (exact) mass is 429 g/mol. The van der Waals surface area contributed by atoms with E-state index in [1.165, 1.54) is 16.9 Å². The highest BCUT2D eigenvalue weighted by atomic mass is 35.5. The quantitative estimate of drug-likeness (QED) is 0.748. The van der Waals surface area contributed by atoms with E-state index in [1.807, 2.05) is 25.1 Å².